The molecule has 0 amide bonds. The van der Waals surface area contributed by atoms with E-state index in [0.717, 1.165) is 0 Å². The van der Waals surface area contributed by atoms with E-state index in [4.69, 9.17) is 0 Å². The Morgan fingerprint density at radius 2 is 0.590 bits per heavy atom. The molecule has 0 saturated carbocycles. The van der Waals surface area contributed by atoms with Gasteiger partial charge in [0.1, 0.15) is 0 Å². The average Bonchev–Trinajstić information content (AvgIpc) is 3.71. The first-order valence-corrected chi connectivity index (χ1v) is 21.9. The summed E-state index contributed by atoms with van der Waals surface area (Å²) in [6.07, 6.45) is 0. The van der Waals surface area contributed by atoms with Gasteiger partial charge in [-0.3, -0.25) is 0 Å². The molecule has 0 aliphatic heterocycles. The van der Waals surface area contributed by atoms with Crippen LogP contribution in [0.25, 0.3) is 129 Å². The topological polar surface area (TPSA) is 0 Å². The molecule has 1 heteroatoms. The van der Waals surface area contributed by atoms with Gasteiger partial charge in [-0.1, -0.05) is 200 Å². The van der Waals surface area contributed by atoms with Gasteiger partial charge in [0.05, 0.1) is 0 Å². The van der Waals surface area contributed by atoms with Crippen LogP contribution in [0.5, 0.6) is 0 Å². The Kier molecular flexibility index (Phi) is 7.58. The van der Waals surface area contributed by atoms with Crippen LogP contribution in [0, 0.1) is 0 Å². The summed E-state index contributed by atoms with van der Waals surface area (Å²) in [6, 6.07) is 81.3. The molecule has 61 heavy (non-hydrogen) atoms. The van der Waals surface area contributed by atoms with Crippen LogP contribution in [0.3, 0.4) is 0 Å². The van der Waals surface area contributed by atoms with Crippen molar-refractivity contribution >= 4 is 96.1 Å². The van der Waals surface area contributed by atoms with E-state index in [9.17, 15) is 0 Å². The molecular weight excluding hydrogens is 753 g/mol. The van der Waals surface area contributed by atoms with Gasteiger partial charge >= 0.3 is 0 Å². The summed E-state index contributed by atoms with van der Waals surface area (Å²) >= 11 is 1.89. The lowest BCUT2D eigenvalue weighted by atomic mass is 9.83. The lowest BCUT2D eigenvalue weighted by Crippen LogP contribution is -1.92. The number of thiophene rings is 1. The van der Waals surface area contributed by atoms with Gasteiger partial charge in [0.15, 0.2) is 0 Å². The fraction of sp³-hybridized carbons (Fsp3) is 0. The molecule has 0 bridgehead atoms. The minimum absolute atomic E-state index is 1.24. The number of hydrogen-bond donors (Lipinski definition) is 0. The Bertz CT molecular complexity index is 3820. The minimum Gasteiger partial charge on any atom is -0.135 e. The maximum absolute atomic E-state index is 2.48. The van der Waals surface area contributed by atoms with Crippen LogP contribution in [0.15, 0.2) is 218 Å². The van der Waals surface area contributed by atoms with Crippen LogP contribution in [0.4, 0.5) is 0 Å². The van der Waals surface area contributed by atoms with Crippen LogP contribution >= 0.6 is 11.3 Å². The van der Waals surface area contributed by atoms with E-state index in [-0.39, 0.29) is 0 Å². The van der Waals surface area contributed by atoms with Crippen LogP contribution in [0.1, 0.15) is 0 Å². The lowest BCUT2D eigenvalue weighted by Gasteiger charge is -2.19. The predicted octanol–water partition coefficient (Wildman–Crippen LogP) is 17.6. The van der Waals surface area contributed by atoms with Crippen LogP contribution in [-0.2, 0) is 0 Å². The lowest BCUT2D eigenvalue weighted by molar-refractivity contribution is 1.69. The van der Waals surface area contributed by atoms with E-state index in [0.29, 0.717) is 0 Å². The van der Waals surface area contributed by atoms with Crippen molar-refractivity contribution in [3.8, 4) is 44.5 Å². The molecule has 0 fully saturated rings. The number of fused-ring (bicyclic) bond motifs is 9. The fourth-order valence-electron chi connectivity index (χ4n) is 10.5. The van der Waals surface area contributed by atoms with E-state index in [1.807, 2.05) is 11.3 Å². The molecule has 13 aromatic rings. The third kappa shape index (κ3) is 5.11. The second kappa shape index (κ2) is 13.5. The van der Waals surface area contributed by atoms with Gasteiger partial charge in [0.2, 0.25) is 0 Å². The van der Waals surface area contributed by atoms with Crippen LogP contribution in [0.2, 0.25) is 0 Å². The Hall–Kier alpha value is -7.58. The summed E-state index contributed by atoms with van der Waals surface area (Å²) < 4.78 is 2.60. The van der Waals surface area contributed by atoms with E-state index in [2.05, 4.69) is 218 Å². The molecular formula is C60H36S. The van der Waals surface area contributed by atoms with Crippen molar-refractivity contribution < 1.29 is 0 Å². The van der Waals surface area contributed by atoms with Gasteiger partial charge in [0, 0.05) is 20.2 Å². The number of rotatable bonds is 4. The summed E-state index contributed by atoms with van der Waals surface area (Å²) in [5, 5.41) is 17.8. The SMILES string of the molecule is c1ccc2c(-c3c4ccccc4c(-c4ccc5sc6cccc(-c7c8ccccc8c(-c8cccc9ccccc89)c8ccccc78)c6c5c4)c4ccccc34)cccc2c1. The molecule has 13 rings (SSSR count). The molecule has 282 valence electrons. The molecule has 1 heterocycles. The van der Waals surface area contributed by atoms with Gasteiger partial charge in [-0.15, -0.1) is 11.3 Å². The summed E-state index contributed by atoms with van der Waals surface area (Å²) in [7, 11) is 0. The number of benzene rings is 12. The highest BCUT2D eigenvalue weighted by Gasteiger charge is 2.22. The highest BCUT2D eigenvalue weighted by atomic mass is 32.1. The van der Waals surface area contributed by atoms with Gasteiger partial charge in [-0.05, 0) is 127 Å². The molecule has 0 N–H and O–H groups in total. The molecule has 0 atom stereocenters. The maximum Gasteiger partial charge on any atom is 0.0361 e. The molecule has 0 aliphatic carbocycles. The van der Waals surface area contributed by atoms with E-state index < -0.39 is 0 Å². The Morgan fingerprint density at radius 1 is 0.230 bits per heavy atom. The van der Waals surface area contributed by atoms with E-state index in [1.165, 1.54) is 129 Å². The standard InChI is InChI=1S/C60H36S/c1-3-20-40-37(16-1)18-13-30-42(40)57-46-24-7-5-22-44(46)56(45-23-6-8-25-47(45)57)39-34-35-54-53(36-39)60-52(32-15-33-55(60)61-54)59-50-28-11-9-26-48(50)58(49-27-10-12-29-51(49)59)43-31-14-19-38-17-2-4-21-41(38)43/h1-36H. The molecule has 0 radical (unpaired) electrons. The van der Waals surface area contributed by atoms with Crippen LogP contribution < -0.4 is 0 Å². The summed E-state index contributed by atoms with van der Waals surface area (Å²) in [5.41, 5.74) is 10.2. The van der Waals surface area contributed by atoms with Crippen molar-refractivity contribution in [1.29, 1.82) is 0 Å². The van der Waals surface area contributed by atoms with Crippen molar-refractivity contribution in [3.05, 3.63) is 218 Å². The zero-order valence-electron chi connectivity index (χ0n) is 33.2. The van der Waals surface area contributed by atoms with Gasteiger partial charge in [0.25, 0.3) is 0 Å². The Labute approximate surface area is 357 Å². The van der Waals surface area contributed by atoms with Crippen molar-refractivity contribution in [2.75, 3.05) is 0 Å². The third-order valence-corrected chi connectivity index (χ3v) is 14.2. The van der Waals surface area contributed by atoms with Crippen LogP contribution in [-0.4, -0.2) is 0 Å². The van der Waals surface area contributed by atoms with Gasteiger partial charge in [-0.25, -0.2) is 0 Å². The second-order valence-electron chi connectivity index (χ2n) is 16.2. The molecule has 0 saturated heterocycles. The Morgan fingerprint density at radius 3 is 1.07 bits per heavy atom. The molecule has 0 aliphatic rings. The molecule has 0 nitrogen and oxygen atoms in total. The minimum atomic E-state index is 1.24. The first-order valence-electron chi connectivity index (χ1n) is 21.1. The van der Waals surface area contributed by atoms with Crippen molar-refractivity contribution in [2.24, 2.45) is 0 Å². The van der Waals surface area contributed by atoms with Gasteiger partial charge in [-0.2, -0.15) is 0 Å². The molecule has 12 aromatic carbocycles. The highest BCUT2D eigenvalue weighted by molar-refractivity contribution is 7.26. The maximum atomic E-state index is 2.48. The van der Waals surface area contributed by atoms with Gasteiger partial charge < -0.3 is 0 Å². The highest BCUT2D eigenvalue weighted by Crippen LogP contribution is 2.51. The van der Waals surface area contributed by atoms with Crippen molar-refractivity contribution in [1.82, 2.24) is 0 Å². The van der Waals surface area contributed by atoms with Crippen molar-refractivity contribution in [2.45, 2.75) is 0 Å². The third-order valence-electron chi connectivity index (χ3n) is 13.0. The largest absolute Gasteiger partial charge is 0.135 e. The monoisotopic (exact) mass is 788 g/mol. The quantitative estimate of drug-likeness (QED) is 0.156. The second-order valence-corrected chi connectivity index (χ2v) is 17.3. The first kappa shape index (κ1) is 34.3. The normalized spacial score (nSPS) is 11.9. The average molecular weight is 789 g/mol. The zero-order chi connectivity index (χ0) is 40.0. The summed E-state index contributed by atoms with van der Waals surface area (Å²) in [6.45, 7) is 0. The van der Waals surface area contributed by atoms with Crippen molar-refractivity contribution in [3.63, 3.8) is 0 Å². The summed E-state index contributed by atoms with van der Waals surface area (Å²) in [5.74, 6) is 0. The predicted molar refractivity (Wildman–Crippen MR) is 266 cm³/mol. The molecule has 0 spiro atoms. The Balaban J connectivity index is 1.10. The van der Waals surface area contributed by atoms with E-state index in [1.54, 1.807) is 0 Å². The molecule has 1 aromatic heterocycles. The summed E-state index contributed by atoms with van der Waals surface area (Å²) in [4.78, 5) is 0. The number of hydrogen-bond acceptors (Lipinski definition) is 1. The fourth-order valence-corrected chi connectivity index (χ4v) is 11.6. The first-order chi connectivity index (χ1) is 30.3. The smallest absolute Gasteiger partial charge is 0.0361 e. The van der Waals surface area contributed by atoms with E-state index >= 15 is 0 Å². The zero-order valence-corrected chi connectivity index (χ0v) is 34.0. The molecule has 0 unspecified atom stereocenters.